The van der Waals surface area contributed by atoms with Crippen molar-refractivity contribution < 1.29 is 28.2 Å². The van der Waals surface area contributed by atoms with Gasteiger partial charge in [-0.3, -0.25) is 9.88 Å². The van der Waals surface area contributed by atoms with Crippen molar-refractivity contribution >= 4 is 34.3 Å². The van der Waals surface area contributed by atoms with Gasteiger partial charge in [-0.2, -0.15) is 0 Å². The summed E-state index contributed by atoms with van der Waals surface area (Å²) in [7, 11) is 3.04. The zero-order valence-electron chi connectivity index (χ0n) is 20.1. The predicted octanol–water partition coefficient (Wildman–Crippen LogP) is 5.66. The SMILES string of the molecule is COc1cc2nccc(Oc3ccc(NC(=O)N4CCN(c5ccccc5)C4=O)cc3F)c2cc1OC. The van der Waals surface area contributed by atoms with Crippen LogP contribution in [0.5, 0.6) is 23.0 Å². The van der Waals surface area contributed by atoms with E-state index in [1.807, 2.05) is 18.2 Å². The molecule has 1 aliphatic heterocycles. The largest absolute Gasteiger partial charge is 0.493 e. The standard InChI is InChI=1S/C27H23FN4O5/c1-35-24-15-19-21(16-25(24)36-2)29-11-10-22(19)37-23-9-8-17(14-20(23)28)30-26(33)32-13-12-31(27(32)34)18-6-4-3-5-7-18/h3-11,14-16H,12-13H2,1-2H3,(H,30,33). The van der Waals surface area contributed by atoms with Crippen molar-refractivity contribution in [1.29, 1.82) is 0 Å². The fraction of sp³-hybridized carbons (Fsp3) is 0.148. The Hall–Kier alpha value is -4.86. The van der Waals surface area contributed by atoms with Gasteiger partial charge in [0.2, 0.25) is 0 Å². The number of nitrogens with one attached hydrogen (secondary N) is 1. The summed E-state index contributed by atoms with van der Waals surface area (Å²) in [6.07, 6.45) is 1.54. The van der Waals surface area contributed by atoms with Gasteiger partial charge in [-0.1, -0.05) is 18.2 Å². The molecule has 1 saturated heterocycles. The Morgan fingerprint density at radius 3 is 2.41 bits per heavy atom. The molecular weight excluding hydrogens is 479 g/mol. The van der Waals surface area contributed by atoms with Crippen LogP contribution in [-0.4, -0.2) is 49.3 Å². The van der Waals surface area contributed by atoms with Gasteiger partial charge in [-0.05, 0) is 36.4 Å². The second-order valence-corrected chi connectivity index (χ2v) is 8.13. The van der Waals surface area contributed by atoms with Crippen LogP contribution in [0.1, 0.15) is 0 Å². The third-order valence-electron chi connectivity index (χ3n) is 5.93. The first kappa shape index (κ1) is 23.9. The highest BCUT2D eigenvalue weighted by Gasteiger charge is 2.34. The summed E-state index contributed by atoms with van der Waals surface area (Å²) in [4.78, 5) is 32.4. The van der Waals surface area contributed by atoms with Gasteiger partial charge < -0.3 is 19.5 Å². The molecule has 0 spiro atoms. The lowest BCUT2D eigenvalue weighted by atomic mass is 10.2. The molecule has 9 nitrogen and oxygen atoms in total. The van der Waals surface area contributed by atoms with E-state index in [1.54, 1.807) is 36.5 Å². The van der Waals surface area contributed by atoms with E-state index in [4.69, 9.17) is 14.2 Å². The maximum absolute atomic E-state index is 15.0. The van der Waals surface area contributed by atoms with Crippen molar-refractivity contribution in [2.24, 2.45) is 0 Å². The third kappa shape index (κ3) is 4.68. The van der Waals surface area contributed by atoms with Crippen LogP contribution in [0.15, 0.2) is 72.9 Å². The zero-order valence-corrected chi connectivity index (χ0v) is 20.1. The van der Waals surface area contributed by atoms with Crippen LogP contribution < -0.4 is 24.4 Å². The molecule has 2 heterocycles. The number of methoxy groups -OCH3 is 2. The van der Waals surface area contributed by atoms with Gasteiger partial charge in [0.1, 0.15) is 5.75 Å². The molecule has 4 amide bonds. The highest BCUT2D eigenvalue weighted by molar-refractivity contribution is 6.08. The number of halogens is 1. The molecule has 4 aromatic rings. The number of hydrogen-bond acceptors (Lipinski definition) is 6. The summed E-state index contributed by atoms with van der Waals surface area (Å²) in [5.41, 5.74) is 1.47. The molecule has 37 heavy (non-hydrogen) atoms. The number of rotatable bonds is 6. The Bertz CT molecular complexity index is 1480. The third-order valence-corrected chi connectivity index (χ3v) is 5.93. The number of ether oxygens (including phenoxy) is 3. The normalized spacial score (nSPS) is 13.1. The molecule has 0 saturated carbocycles. The van der Waals surface area contributed by atoms with Crippen molar-refractivity contribution in [2.75, 3.05) is 37.5 Å². The molecule has 0 unspecified atom stereocenters. The number of nitrogens with zero attached hydrogens (tertiary/aromatic N) is 3. The number of benzene rings is 3. The fourth-order valence-corrected chi connectivity index (χ4v) is 4.08. The molecule has 10 heteroatoms. The number of anilines is 2. The second-order valence-electron chi connectivity index (χ2n) is 8.13. The number of carbonyl (C=O) groups excluding carboxylic acids is 2. The summed E-state index contributed by atoms with van der Waals surface area (Å²) in [6, 6.07) is 17.1. The van der Waals surface area contributed by atoms with E-state index < -0.39 is 17.9 Å². The minimum atomic E-state index is -0.693. The van der Waals surface area contributed by atoms with Crippen molar-refractivity contribution in [1.82, 2.24) is 9.88 Å². The number of fused-ring (bicyclic) bond motifs is 1. The van der Waals surface area contributed by atoms with Gasteiger partial charge in [0.25, 0.3) is 0 Å². The number of pyridine rings is 1. The Balaban J connectivity index is 1.31. The quantitative estimate of drug-likeness (QED) is 0.366. The van der Waals surface area contributed by atoms with Crippen LogP contribution in [0.4, 0.5) is 25.4 Å². The molecule has 0 atom stereocenters. The van der Waals surface area contributed by atoms with Gasteiger partial charge in [0.15, 0.2) is 23.1 Å². The average molecular weight is 503 g/mol. The van der Waals surface area contributed by atoms with E-state index in [1.165, 1.54) is 31.3 Å². The Labute approximate surface area is 212 Å². The summed E-state index contributed by atoms with van der Waals surface area (Å²) in [5, 5.41) is 3.18. The lowest BCUT2D eigenvalue weighted by molar-refractivity contribution is 0.209. The van der Waals surface area contributed by atoms with E-state index in [0.717, 1.165) is 11.0 Å². The smallest absolute Gasteiger partial charge is 0.332 e. The molecular formula is C27H23FN4O5. The molecule has 1 aliphatic rings. The minimum absolute atomic E-state index is 0.0483. The maximum atomic E-state index is 15.0. The number of urea groups is 2. The number of carbonyl (C=O) groups is 2. The molecule has 1 N–H and O–H groups in total. The average Bonchev–Trinajstić information content (AvgIpc) is 3.31. The van der Waals surface area contributed by atoms with Crippen LogP contribution in [0.2, 0.25) is 0 Å². The molecule has 1 aromatic heterocycles. The lowest BCUT2D eigenvalue weighted by Gasteiger charge is -2.18. The first-order valence-electron chi connectivity index (χ1n) is 11.4. The Morgan fingerprint density at radius 2 is 1.68 bits per heavy atom. The summed E-state index contributed by atoms with van der Waals surface area (Å²) >= 11 is 0. The van der Waals surface area contributed by atoms with Crippen molar-refractivity contribution in [3.05, 3.63) is 78.7 Å². The molecule has 5 rings (SSSR count). The van der Waals surface area contributed by atoms with Crippen LogP contribution in [0, 0.1) is 5.82 Å². The predicted molar refractivity (Wildman–Crippen MR) is 136 cm³/mol. The van der Waals surface area contributed by atoms with E-state index in [2.05, 4.69) is 10.3 Å². The Morgan fingerprint density at radius 1 is 0.919 bits per heavy atom. The molecule has 0 radical (unpaired) electrons. The van der Waals surface area contributed by atoms with Gasteiger partial charge in [0, 0.05) is 41.6 Å². The minimum Gasteiger partial charge on any atom is -0.493 e. The highest BCUT2D eigenvalue weighted by Crippen LogP contribution is 2.37. The van der Waals surface area contributed by atoms with Crippen LogP contribution in [-0.2, 0) is 0 Å². The summed E-state index contributed by atoms with van der Waals surface area (Å²) in [5.74, 6) is 0.614. The van der Waals surface area contributed by atoms with Gasteiger partial charge in [-0.15, -0.1) is 0 Å². The van der Waals surface area contributed by atoms with Gasteiger partial charge in [0.05, 0.1) is 26.3 Å². The topological polar surface area (TPSA) is 93.2 Å². The van der Waals surface area contributed by atoms with Crippen LogP contribution in [0.25, 0.3) is 10.9 Å². The van der Waals surface area contributed by atoms with Crippen molar-refractivity contribution in [3.8, 4) is 23.0 Å². The molecule has 3 aromatic carbocycles. The first-order chi connectivity index (χ1) is 18.0. The fourth-order valence-electron chi connectivity index (χ4n) is 4.08. The monoisotopic (exact) mass is 502 g/mol. The lowest BCUT2D eigenvalue weighted by Crippen LogP contribution is -2.39. The van der Waals surface area contributed by atoms with E-state index in [0.29, 0.717) is 40.4 Å². The van der Waals surface area contributed by atoms with E-state index in [-0.39, 0.29) is 18.0 Å². The summed E-state index contributed by atoms with van der Waals surface area (Å²) < 4.78 is 31.5. The van der Waals surface area contributed by atoms with Crippen LogP contribution >= 0.6 is 0 Å². The molecule has 1 fully saturated rings. The summed E-state index contributed by atoms with van der Waals surface area (Å²) in [6.45, 7) is 0.584. The van der Waals surface area contributed by atoms with E-state index >= 15 is 0 Å². The van der Waals surface area contributed by atoms with Crippen molar-refractivity contribution in [2.45, 2.75) is 0 Å². The van der Waals surface area contributed by atoms with E-state index in [9.17, 15) is 14.0 Å². The number of hydrogen-bond donors (Lipinski definition) is 1. The zero-order chi connectivity index (χ0) is 25.9. The number of imide groups is 1. The highest BCUT2D eigenvalue weighted by atomic mass is 19.1. The molecule has 188 valence electrons. The van der Waals surface area contributed by atoms with Gasteiger partial charge >= 0.3 is 12.1 Å². The van der Waals surface area contributed by atoms with Crippen LogP contribution in [0.3, 0.4) is 0 Å². The number of amides is 4. The molecule has 0 aliphatic carbocycles. The maximum Gasteiger partial charge on any atom is 0.332 e. The first-order valence-corrected chi connectivity index (χ1v) is 11.4. The number of para-hydroxylation sites is 1. The van der Waals surface area contributed by atoms with Crippen molar-refractivity contribution in [3.63, 3.8) is 0 Å². The van der Waals surface area contributed by atoms with Gasteiger partial charge in [-0.25, -0.2) is 18.9 Å². The number of aromatic nitrogens is 1. The molecule has 0 bridgehead atoms. The second kappa shape index (κ2) is 10.0. The Kier molecular flexibility index (Phi) is 6.46.